The predicted octanol–water partition coefficient (Wildman–Crippen LogP) is 3.28. The number of nitrogens with zero attached hydrogens (tertiary/aromatic N) is 2. The third kappa shape index (κ3) is 5.97. The quantitative estimate of drug-likeness (QED) is 0.251. The fourth-order valence-electron chi connectivity index (χ4n) is 3.09. The normalized spacial score (nSPS) is 15.3. The van der Waals surface area contributed by atoms with Gasteiger partial charge in [-0.05, 0) is 48.6 Å². The lowest BCUT2D eigenvalue weighted by Gasteiger charge is -2.27. The van der Waals surface area contributed by atoms with Gasteiger partial charge in [0.1, 0.15) is 11.6 Å². The molecule has 0 bridgehead atoms. The summed E-state index contributed by atoms with van der Waals surface area (Å²) in [5, 5.41) is 9.49. The van der Waals surface area contributed by atoms with Gasteiger partial charge in [-0.1, -0.05) is 19.9 Å². The molecule has 0 atom stereocenters. The zero-order valence-corrected chi connectivity index (χ0v) is 19.1. The largest absolute Gasteiger partial charge is 0.493 e. The summed E-state index contributed by atoms with van der Waals surface area (Å²) in [6, 6.07) is 7.17. The summed E-state index contributed by atoms with van der Waals surface area (Å²) in [6.45, 7) is 7.59. The minimum atomic E-state index is -0.648. The van der Waals surface area contributed by atoms with Crippen molar-refractivity contribution in [2.24, 2.45) is 5.92 Å². The van der Waals surface area contributed by atoms with E-state index < -0.39 is 17.8 Å². The Hall–Kier alpha value is -3.60. The smallest absolute Gasteiger partial charge is 0.302 e. The summed E-state index contributed by atoms with van der Waals surface area (Å²) in [4.78, 5) is 37.6. The molecule has 0 spiro atoms. The maximum Gasteiger partial charge on any atom is 0.302 e. The second kappa shape index (κ2) is 11.1. The summed E-state index contributed by atoms with van der Waals surface area (Å²) >= 11 is 0. The molecule has 1 aromatic rings. The Morgan fingerprint density at radius 2 is 1.94 bits per heavy atom. The van der Waals surface area contributed by atoms with Crippen molar-refractivity contribution in [3.8, 4) is 17.6 Å². The first kappa shape index (κ1) is 24.7. The minimum Gasteiger partial charge on any atom is -0.493 e. The number of amides is 2. The van der Waals surface area contributed by atoms with Gasteiger partial charge in [0.25, 0.3) is 11.8 Å². The van der Waals surface area contributed by atoms with Gasteiger partial charge in [-0.15, -0.1) is 0 Å². The SMILES string of the molecule is COc1cc(/C=C2/C(=O)N(CCCOC(C)=O)C(=O)C(C#N)=C2C)ccc1OCC(C)C. The zero-order chi connectivity index (χ0) is 23.8. The number of hydrogen-bond acceptors (Lipinski definition) is 7. The summed E-state index contributed by atoms with van der Waals surface area (Å²) in [5.74, 6) is -0.142. The van der Waals surface area contributed by atoms with Gasteiger partial charge in [-0.3, -0.25) is 19.3 Å². The average molecular weight is 440 g/mol. The van der Waals surface area contributed by atoms with E-state index in [0.717, 1.165) is 4.90 Å². The molecule has 0 saturated carbocycles. The van der Waals surface area contributed by atoms with Gasteiger partial charge in [0.2, 0.25) is 0 Å². The van der Waals surface area contributed by atoms with Crippen molar-refractivity contribution >= 4 is 23.9 Å². The Bertz CT molecular complexity index is 1000. The Labute approximate surface area is 188 Å². The third-order valence-corrected chi connectivity index (χ3v) is 4.73. The highest BCUT2D eigenvalue weighted by Crippen LogP contribution is 2.32. The highest BCUT2D eigenvalue weighted by atomic mass is 16.5. The highest BCUT2D eigenvalue weighted by Gasteiger charge is 2.35. The van der Waals surface area contributed by atoms with Gasteiger partial charge in [-0.2, -0.15) is 5.26 Å². The van der Waals surface area contributed by atoms with Crippen molar-refractivity contribution in [3.05, 3.63) is 40.5 Å². The summed E-state index contributed by atoms with van der Waals surface area (Å²) < 4.78 is 16.0. The molecule has 8 nitrogen and oxygen atoms in total. The number of carbonyl (C=O) groups is 3. The molecule has 0 fully saturated rings. The molecule has 2 amide bonds. The van der Waals surface area contributed by atoms with Crippen LogP contribution in [0.25, 0.3) is 6.08 Å². The van der Waals surface area contributed by atoms with Crippen LogP contribution in [0.2, 0.25) is 0 Å². The molecule has 0 radical (unpaired) electrons. The summed E-state index contributed by atoms with van der Waals surface area (Å²) in [6.07, 6.45) is 1.90. The first-order valence-electron chi connectivity index (χ1n) is 10.3. The molecule has 0 aromatic heterocycles. The number of benzene rings is 1. The van der Waals surface area contributed by atoms with E-state index in [2.05, 4.69) is 0 Å². The second-order valence-corrected chi connectivity index (χ2v) is 7.74. The number of hydrogen-bond donors (Lipinski definition) is 0. The fourth-order valence-corrected chi connectivity index (χ4v) is 3.09. The van der Waals surface area contributed by atoms with Crippen LogP contribution in [-0.4, -0.2) is 49.6 Å². The summed E-state index contributed by atoms with van der Waals surface area (Å²) in [7, 11) is 1.53. The van der Waals surface area contributed by atoms with Gasteiger partial charge in [-0.25, -0.2) is 0 Å². The molecular formula is C24H28N2O6. The second-order valence-electron chi connectivity index (χ2n) is 7.74. The van der Waals surface area contributed by atoms with Crippen molar-refractivity contribution < 1.29 is 28.6 Å². The Kier molecular flexibility index (Phi) is 8.59. The van der Waals surface area contributed by atoms with Gasteiger partial charge in [0.05, 0.1) is 20.3 Å². The monoisotopic (exact) mass is 440 g/mol. The molecule has 1 aliphatic rings. The van der Waals surface area contributed by atoms with Crippen molar-refractivity contribution in [1.29, 1.82) is 5.26 Å². The molecule has 1 heterocycles. The van der Waals surface area contributed by atoms with Crippen LogP contribution in [0.15, 0.2) is 34.9 Å². The molecule has 1 aliphatic heterocycles. The zero-order valence-electron chi connectivity index (χ0n) is 19.1. The van der Waals surface area contributed by atoms with E-state index in [9.17, 15) is 19.6 Å². The van der Waals surface area contributed by atoms with Gasteiger partial charge in [0, 0.05) is 19.0 Å². The van der Waals surface area contributed by atoms with Crippen molar-refractivity contribution in [2.45, 2.75) is 34.1 Å². The van der Waals surface area contributed by atoms with Gasteiger partial charge < -0.3 is 14.2 Å². The maximum absolute atomic E-state index is 13.1. The van der Waals surface area contributed by atoms with Crippen LogP contribution in [-0.2, 0) is 19.1 Å². The van der Waals surface area contributed by atoms with Crippen molar-refractivity contribution in [3.63, 3.8) is 0 Å². The van der Waals surface area contributed by atoms with Crippen LogP contribution in [0.4, 0.5) is 0 Å². The molecular weight excluding hydrogens is 412 g/mol. The molecule has 8 heteroatoms. The van der Waals surface area contributed by atoms with Crippen LogP contribution in [0.3, 0.4) is 0 Å². The van der Waals surface area contributed by atoms with Crippen LogP contribution < -0.4 is 9.47 Å². The van der Waals surface area contributed by atoms with E-state index in [4.69, 9.17) is 14.2 Å². The first-order chi connectivity index (χ1) is 15.2. The molecule has 0 N–H and O–H groups in total. The minimum absolute atomic E-state index is 0.0338. The van der Waals surface area contributed by atoms with Gasteiger partial charge >= 0.3 is 5.97 Å². The number of imide groups is 1. The van der Waals surface area contributed by atoms with E-state index in [1.807, 2.05) is 19.9 Å². The van der Waals surface area contributed by atoms with E-state index >= 15 is 0 Å². The lowest BCUT2D eigenvalue weighted by Crippen LogP contribution is -2.43. The molecule has 2 rings (SSSR count). The molecule has 32 heavy (non-hydrogen) atoms. The van der Waals surface area contributed by atoms with E-state index in [1.165, 1.54) is 14.0 Å². The summed E-state index contributed by atoms with van der Waals surface area (Å²) in [5.41, 5.74) is 1.13. The van der Waals surface area contributed by atoms with Crippen LogP contribution in [0.1, 0.15) is 39.7 Å². The number of ether oxygens (including phenoxy) is 3. The Balaban J connectivity index is 2.36. The average Bonchev–Trinajstić information content (AvgIpc) is 2.75. The lowest BCUT2D eigenvalue weighted by atomic mass is 9.93. The lowest BCUT2D eigenvalue weighted by molar-refractivity contribution is -0.141. The van der Waals surface area contributed by atoms with Crippen LogP contribution in [0.5, 0.6) is 11.5 Å². The van der Waals surface area contributed by atoms with E-state index in [0.29, 0.717) is 35.2 Å². The Morgan fingerprint density at radius 1 is 1.22 bits per heavy atom. The topological polar surface area (TPSA) is 106 Å². The van der Waals surface area contributed by atoms with Crippen LogP contribution >= 0.6 is 0 Å². The maximum atomic E-state index is 13.1. The fraction of sp³-hybridized carbons (Fsp3) is 0.417. The molecule has 1 aromatic carbocycles. The highest BCUT2D eigenvalue weighted by molar-refractivity contribution is 6.19. The number of carbonyl (C=O) groups excluding carboxylic acids is 3. The Morgan fingerprint density at radius 3 is 2.53 bits per heavy atom. The number of methoxy groups -OCH3 is 1. The van der Waals surface area contributed by atoms with Crippen molar-refractivity contribution in [1.82, 2.24) is 4.90 Å². The van der Waals surface area contributed by atoms with Gasteiger partial charge in [0.15, 0.2) is 11.5 Å². The molecule has 170 valence electrons. The number of nitriles is 1. The molecule has 0 saturated heterocycles. The van der Waals surface area contributed by atoms with Crippen molar-refractivity contribution in [2.75, 3.05) is 26.9 Å². The molecule has 0 aliphatic carbocycles. The standard InChI is InChI=1S/C24H28N2O6/c1-15(2)14-32-21-8-7-18(12-22(21)30-5)11-19-16(3)20(13-25)24(29)26(23(19)28)9-6-10-31-17(4)27/h7-8,11-12,15H,6,9-10,14H2,1-5H3/b19-11+. The molecule has 0 unspecified atom stereocenters. The predicted molar refractivity (Wildman–Crippen MR) is 118 cm³/mol. The third-order valence-electron chi connectivity index (χ3n) is 4.73. The van der Waals surface area contributed by atoms with E-state index in [1.54, 1.807) is 31.2 Å². The number of rotatable bonds is 9. The first-order valence-corrected chi connectivity index (χ1v) is 10.3. The van der Waals surface area contributed by atoms with Crippen LogP contribution in [0, 0.1) is 17.2 Å². The number of esters is 1. The van der Waals surface area contributed by atoms with E-state index in [-0.39, 0.29) is 30.7 Å².